The van der Waals surface area contributed by atoms with Crippen molar-refractivity contribution in [1.82, 2.24) is 0 Å². The Morgan fingerprint density at radius 1 is 1.11 bits per heavy atom. The van der Waals surface area contributed by atoms with Gasteiger partial charge in [0.05, 0.1) is 4.58 Å². The van der Waals surface area contributed by atoms with Crippen molar-refractivity contribution in [3.05, 3.63) is 59.7 Å². The van der Waals surface area contributed by atoms with Gasteiger partial charge in [-0.15, -0.1) is 23.5 Å². The third-order valence-electron chi connectivity index (χ3n) is 5.13. The van der Waals surface area contributed by atoms with Crippen LogP contribution < -0.4 is 9.64 Å². The summed E-state index contributed by atoms with van der Waals surface area (Å²) in [5.74, 6) is 3.26. The van der Waals surface area contributed by atoms with E-state index in [-0.39, 0.29) is 18.6 Å². The lowest BCUT2D eigenvalue weighted by Gasteiger charge is -2.35. The van der Waals surface area contributed by atoms with E-state index >= 15 is 0 Å². The van der Waals surface area contributed by atoms with Crippen molar-refractivity contribution in [2.24, 2.45) is 0 Å². The summed E-state index contributed by atoms with van der Waals surface area (Å²) < 4.78 is 6.35. The van der Waals surface area contributed by atoms with Crippen molar-refractivity contribution in [2.45, 2.75) is 36.8 Å². The summed E-state index contributed by atoms with van der Waals surface area (Å²) in [6.07, 6.45) is 3.32. The molecule has 2 aromatic carbocycles. The van der Waals surface area contributed by atoms with Crippen LogP contribution in [-0.4, -0.2) is 30.1 Å². The van der Waals surface area contributed by atoms with Crippen molar-refractivity contribution >= 4 is 35.1 Å². The number of fused-ring (bicyclic) bond motifs is 1. The van der Waals surface area contributed by atoms with Gasteiger partial charge in [-0.25, -0.2) is 0 Å². The number of thioether (sulfide) groups is 2. The SMILES string of the molecule is CC1CCc2ccccc2N1C(=O)COc1ccc(C2SCCCS2)cc1. The molecule has 142 valence electrons. The van der Waals surface area contributed by atoms with E-state index < -0.39 is 0 Å². The van der Waals surface area contributed by atoms with Crippen molar-refractivity contribution in [2.75, 3.05) is 23.0 Å². The molecule has 1 amide bonds. The van der Waals surface area contributed by atoms with Gasteiger partial charge < -0.3 is 9.64 Å². The summed E-state index contributed by atoms with van der Waals surface area (Å²) in [6, 6.07) is 16.6. The Balaban J connectivity index is 1.39. The zero-order chi connectivity index (χ0) is 18.6. The van der Waals surface area contributed by atoms with Gasteiger partial charge in [-0.3, -0.25) is 4.79 Å². The Morgan fingerprint density at radius 2 is 1.85 bits per heavy atom. The van der Waals surface area contributed by atoms with E-state index in [4.69, 9.17) is 4.74 Å². The van der Waals surface area contributed by atoms with Crippen LogP contribution in [0.2, 0.25) is 0 Å². The van der Waals surface area contributed by atoms with Crippen molar-refractivity contribution in [3.63, 3.8) is 0 Å². The van der Waals surface area contributed by atoms with Crippen LogP contribution in [0.3, 0.4) is 0 Å². The molecule has 27 heavy (non-hydrogen) atoms. The van der Waals surface area contributed by atoms with Crippen LogP contribution in [-0.2, 0) is 11.2 Å². The zero-order valence-corrected chi connectivity index (χ0v) is 17.2. The van der Waals surface area contributed by atoms with Crippen molar-refractivity contribution < 1.29 is 9.53 Å². The van der Waals surface area contributed by atoms with Crippen LogP contribution in [0, 0.1) is 0 Å². The first-order valence-corrected chi connectivity index (χ1v) is 11.7. The maximum atomic E-state index is 12.9. The number of hydrogen-bond acceptors (Lipinski definition) is 4. The maximum absolute atomic E-state index is 12.9. The molecule has 1 unspecified atom stereocenters. The highest BCUT2D eigenvalue weighted by Gasteiger charge is 2.28. The molecular formula is C22H25NO2S2. The molecule has 0 aliphatic carbocycles. The summed E-state index contributed by atoms with van der Waals surface area (Å²) >= 11 is 4.03. The number of aryl methyl sites for hydroxylation is 1. The van der Waals surface area contributed by atoms with E-state index in [2.05, 4.69) is 25.1 Å². The molecule has 5 heteroatoms. The Hall–Kier alpha value is -1.59. The molecule has 0 radical (unpaired) electrons. The Kier molecular flexibility index (Phi) is 5.98. The Labute approximate surface area is 169 Å². The van der Waals surface area contributed by atoms with Gasteiger partial charge in [-0.2, -0.15) is 0 Å². The lowest BCUT2D eigenvalue weighted by atomic mass is 9.96. The number of benzene rings is 2. The van der Waals surface area contributed by atoms with E-state index in [1.54, 1.807) is 0 Å². The van der Waals surface area contributed by atoms with E-state index in [1.807, 2.05) is 58.8 Å². The van der Waals surface area contributed by atoms with E-state index in [0.717, 1.165) is 24.3 Å². The van der Waals surface area contributed by atoms with Gasteiger partial charge in [0.1, 0.15) is 5.75 Å². The second-order valence-electron chi connectivity index (χ2n) is 7.06. The molecule has 2 aliphatic rings. The van der Waals surface area contributed by atoms with Gasteiger partial charge in [0.25, 0.3) is 5.91 Å². The minimum atomic E-state index is 0.0251. The fraction of sp³-hybridized carbons (Fsp3) is 0.409. The molecule has 0 saturated carbocycles. The monoisotopic (exact) mass is 399 g/mol. The predicted molar refractivity (Wildman–Crippen MR) is 116 cm³/mol. The standard InChI is InChI=1S/C22H25NO2S2/c1-16-7-8-17-5-2-3-6-20(17)23(16)21(24)15-25-19-11-9-18(10-12-19)22-26-13-4-14-27-22/h2-3,5-6,9-12,16,22H,4,7-8,13-15H2,1H3. The summed E-state index contributed by atoms with van der Waals surface area (Å²) in [6.45, 7) is 2.19. The third-order valence-corrected chi connectivity index (χ3v) is 8.15. The number of carbonyl (C=O) groups is 1. The summed E-state index contributed by atoms with van der Waals surface area (Å²) in [7, 11) is 0. The predicted octanol–water partition coefficient (Wildman–Crippen LogP) is 5.30. The van der Waals surface area contributed by atoms with Crippen LogP contribution in [0.15, 0.2) is 48.5 Å². The van der Waals surface area contributed by atoms with E-state index in [9.17, 15) is 4.79 Å². The van der Waals surface area contributed by atoms with Gasteiger partial charge in [0.15, 0.2) is 6.61 Å². The molecule has 0 bridgehead atoms. The van der Waals surface area contributed by atoms with Gasteiger partial charge in [0, 0.05) is 11.7 Å². The molecule has 2 aliphatic heterocycles. The number of ether oxygens (including phenoxy) is 1. The summed E-state index contributed by atoms with van der Waals surface area (Å²) in [5, 5.41) is 0. The topological polar surface area (TPSA) is 29.5 Å². The van der Waals surface area contributed by atoms with Crippen molar-refractivity contribution in [1.29, 1.82) is 0 Å². The smallest absolute Gasteiger partial charge is 0.265 e. The lowest BCUT2D eigenvalue weighted by molar-refractivity contribution is -0.121. The minimum Gasteiger partial charge on any atom is -0.484 e. The first-order chi connectivity index (χ1) is 13.2. The fourth-order valence-electron chi connectivity index (χ4n) is 3.68. The van der Waals surface area contributed by atoms with E-state index in [0.29, 0.717) is 4.58 Å². The summed E-state index contributed by atoms with van der Waals surface area (Å²) in [4.78, 5) is 14.8. The van der Waals surface area contributed by atoms with Crippen LogP contribution in [0.1, 0.15) is 35.5 Å². The van der Waals surface area contributed by atoms with Gasteiger partial charge in [-0.05, 0) is 67.0 Å². The number of amides is 1. The molecule has 0 spiro atoms. The molecule has 3 nitrogen and oxygen atoms in total. The molecule has 1 fully saturated rings. The second-order valence-corrected chi connectivity index (χ2v) is 9.79. The molecule has 2 heterocycles. The molecule has 0 N–H and O–H groups in total. The average molecular weight is 400 g/mol. The highest BCUT2D eigenvalue weighted by atomic mass is 32.2. The quantitative estimate of drug-likeness (QED) is 0.697. The highest BCUT2D eigenvalue weighted by Crippen LogP contribution is 2.43. The van der Waals surface area contributed by atoms with Crippen molar-refractivity contribution in [3.8, 4) is 5.75 Å². The summed E-state index contributed by atoms with van der Waals surface area (Å²) in [5.41, 5.74) is 3.62. The largest absolute Gasteiger partial charge is 0.484 e. The maximum Gasteiger partial charge on any atom is 0.265 e. The third kappa shape index (κ3) is 4.30. The first kappa shape index (κ1) is 18.8. The van der Waals surface area contributed by atoms with Gasteiger partial charge >= 0.3 is 0 Å². The molecular weight excluding hydrogens is 374 g/mol. The highest BCUT2D eigenvalue weighted by molar-refractivity contribution is 8.16. The van der Waals surface area contributed by atoms with Crippen LogP contribution in [0.5, 0.6) is 5.75 Å². The van der Waals surface area contributed by atoms with Crippen LogP contribution >= 0.6 is 23.5 Å². The number of anilines is 1. The molecule has 1 atom stereocenters. The molecule has 2 aromatic rings. The van der Waals surface area contributed by atoms with Gasteiger partial charge in [-0.1, -0.05) is 30.3 Å². The molecule has 0 aromatic heterocycles. The Bertz CT molecular complexity index is 787. The number of carbonyl (C=O) groups excluding carboxylic acids is 1. The number of nitrogens with zero attached hydrogens (tertiary/aromatic N) is 1. The minimum absolute atomic E-state index is 0.0251. The number of hydrogen-bond donors (Lipinski definition) is 0. The van der Waals surface area contributed by atoms with Crippen LogP contribution in [0.4, 0.5) is 5.69 Å². The van der Waals surface area contributed by atoms with E-state index in [1.165, 1.54) is 29.1 Å². The fourth-order valence-corrected chi connectivity index (χ4v) is 6.58. The van der Waals surface area contributed by atoms with Gasteiger partial charge in [0.2, 0.25) is 0 Å². The average Bonchev–Trinajstić information content (AvgIpc) is 2.73. The number of para-hydroxylation sites is 1. The zero-order valence-electron chi connectivity index (χ0n) is 15.6. The normalized spacial score (nSPS) is 20.2. The Morgan fingerprint density at radius 3 is 2.63 bits per heavy atom. The first-order valence-electron chi connectivity index (χ1n) is 9.58. The molecule has 4 rings (SSSR count). The number of rotatable bonds is 4. The molecule has 1 saturated heterocycles. The second kappa shape index (κ2) is 8.61. The lowest BCUT2D eigenvalue weighted by Crippen LogP contribution is -2.44. The van der Waals surface area contributed by atoms with Crippen LogP contribution in [0.25, 0.3) is 0 Å².